The van der Waals surface area contributed by atoms with E-state index in [1.165, 1.54) is 11.3 Å². The Kier molecular flexibility index (Phi) is 5.56. The van der Waals surface area contributed by atoms with Crippen molar-refractivity contribution in [3.63, 3.8) is 0 Å². The van der Waals surface area contributed by atoms with E-state index in [1.54, 1.807) is 0 Å². The summed E-state index contributed by atoms with van der Waals surface area (Å²) in [4.78, 5) is 28.9. The number of aromatic nitrogens is 2. The van der Waals surface area contributed by atoms with E-state index in [0.717, 1.165) is 27.5 Å². The van der Waals surface area contributed by atoms with Gasteiger partial charge in [-0.3, -0.25) is 9.59 Å². The lowest BCUT2D eigenvalue weighted by molar-refractivity contribution is -0.141. The molecule has 1 aromatic carbocycles. The Labute approximate surface area is 162 Å². The average molecular weight is 382 g/mol. The molecule has 0 spiro atoms. The molecular weight excluding hydrogens is 360 g/mol. The van der Waals surface area contributed by atoms with Crippen LogP contribution < -0.4 is 0 Å². The minimum Gasteiger partial charge on any atom is -0.457 e. The molecule has 0 aliphatic rings. The molecule has 0 radical (unpaired) electrons. The maximum absolute atomic E-state index is 12.3. The second kappa shape index (κ2) is 7.88. The van der Waals surface area contributed by atoms with Gasteiger partial charge in [0.15, 0.2) is 6.61 Å². The van der Waals surface area contributed by atoms with Crippen molar-refractivity contribution in [1.29, 1.82) is 0 Å². The highest BCUT2D eigenvalue weighted by molar-refractivity contribution is 7.13. The Balaban J connectivity index is 1.58. The average Bonchev–Trinajstić information content (AvgIpc) is 3.20. The van der Waals surface area contributed by atoms with E-state index < -0.39 is 5.97 Å². The fourth-order valence-electron chi connectivity index (χ4n) is 2.86. The molecule has 0 aliphatic heterocycles. The molecule has 0 atom stereocenters. The van der Waals surface area contributed by atoms with Crippen LogP contribution in [0, 0.1) is 20.8 Å². The lowest BCUT2D eigenvalue weighted by atomic mass is 10.1. The van der Waals surface area contributed by atoms with Crippen LogP contribution in [0.1, 0.15) is 33.0 Å². The lowest BCUT2D eigenvalue weighted by Gasteiger charge is -2.04. The van der Waals surface area contributed by atoms with E-state index in [0.29, 0.717) is 11.3 Å². The minimum absolute atomic E-state index is 0.0579. The molecule has 140 valence electrons. The van der Waals surface area contributed by atoms with Crippen LogP contribution in [0.3, 0.4) is 0 Å². The standard InChI is InChI=1S/C21H22N2O3S/c1-13-6-5-7-16(8-13)21-22-17(12-27-21)10-20(25)26-11-19(24)18-9-14(2)23(4)15(18)3/h5-9,12H,10-11H2,1-4H3. The van der Waals surface area contributed by atoms with E-state index in [2.05, 4.69) is 11.1 Å². The van der Waals surface area contributed by atoms with Crippen molar-refractivity contribution in [3.05, 3.63) is 63.9 Å². The summed E-state index contributed by atoms with van der Waals surface area (Å²) in [5, 5.41) is 2.72. The number of Topliss-reactive ketones (excluding diaryl/α,β-unsaturated/α-hetero) is 1. The van der Waals surface area contributed by atoms with Gasteiger partial charge in [-0.25, -0.2) is 4.98 Å². The zero-order chi connectivity index (χ0) is 19.6. The molecule has 0 aliphatic carbocycles. The molecule has 3 aromatic rings. The first-order chi connectivity index (χ1) is 12.8. The maximum atomic E-state index is 12.3. The molecule has 0 saturated carbocycles. The van der Waals surface area contributed by atoms with Crippen molar-refractivity contribution < 1.29 is 14.3 Å². The number of ether oxygens (including phenoxy) is 1. The van der Waals surface area contributed by atoms with Gasteiger partial charge in [-0.2, -0.15) is 0 Å². The predicted octanol–water partition coefficient (Wildman–Crippen LogP) is 4.04. The van der Waals surface area contributed by atoms with Gasteiger partial charge in [0.1, 0.15) is 5.01 Å². The molecule has 6 heteroatoms. The number of ketones is 1. The fraction of sp³-hybridized carbons (Fsp3) is 0.286. The van der Waals surface area contributed by atoms with Crippen LogP contribution in [0.25, 0.3) is 10.6 Å². The minimum atomic E-state index is -0.449. The monoisotopic (exact) mass is 382 g/mol. The molecule has 27 heavy (non-hydrogen) atoms. The van der Waals surface area contributed by atoms with Crippen LogP contribution in [-0.4, -0.2) is 27.9 Å². The summed E-state index contributed by atoms with van der Waals surface area (Å²) >= 11 is 1.49. The van der Waals surface area contributed by atoms with E-state index in [1.807, 2.05) is 62.0 Å². The molecule has 0 saturated heterocycles. The third-order valence-electron chi connectivity index (χ3n) is 4.58. The number of carbonyl (C=O) groups is 2. The van der Waals surface area contributed by atoms with Gasteiger partial charge in [0, 0.05) is 34.9 Å². The predicted molar refractivity (Wildman–Crippen MR) is 106 cm³/mol. The fourth-order valence-corrected chi connectivity index (χ4v) is 3.68. The maximum Gasteiger partial charge on any atom is 0.312 e. The van der Waals surface area contributed by atoms with Crippen molar-refractivity contribution >= 4 is 23.1 Å². The number of aryl methyl sites for hydroxylation is 2. The zero-order valence-corrected chi connectivity index (χ0v) is 16.7. The molecule has 2 aromatic heterocycles. The van der Waals surface area contributed by atoms with E-state index >= 15 is 0 Å². The van der Waals surface area contributed by atoms with Gasteiger partial charge in [0.2, 0.25) is 5.78 Å². The van der Waals surface area contributed by atoms with E-state index in [9.17, 15) is 9.59 Å². The Morgan fingerprint density at radius 3 is 2.63 bits per heavy atom. The highest BCUT2D eigenvalue weighted by Gasteiger charge is 2.17. The van der Waals surface area contributed by atoms with Gasteiger partial charge in [-0.1, -0.05) is 23.8 Å². The van der Waals surface area contributed by atoms with Crippen molar-refractivity contribution in [2.75, 3.05) is 6.61 Å². The number of thiazole rings is 1. The van der Waals surface area contributed by atoms with Crippen molar-refractivity contribution in [3.8, 4) is 10.6 Å². The van der Waals surface area contributed by atoms with Gasteiger partial charge in [-0.15, -0.1) is 11.3 Å². The highest BCUT2D eigenvalue weighted by atomic mass is 32.1. The first-order valence-corrected chi connectivity index (χ1v) is 9.56. The number of hydrogen-bond donors (Lipinski definition) is 0. The number of carbonyl (C=O) groups excluding carboxylic acids is 2. The van der Waals surface area contributed by atoms with Crippen molar-refractivity contribution in [1.82, 2.24) is 9.55 Å². The first-order valence-electron chi connectivity index (χ1n) is 8.68. The number of hydrogen-bond acceptors (Lipinski definition) is 5. The normalized spacial score (nSPS) is 10.8. The molecule has 0 bridgehead atoms. The summed E-state index contributed by atoms with van der Waals surface area (Å²) in [5.41, 5.74) is 5.31. The highest BCUT2D eigenvalue weighted by Crippen LogP contribution is 2.24. The van der Waals surface area contributed by atoms with Crippen LogP contribution in [0.15, 0.2) is 35.7 Å². The van der Waals surface area contributed by atoms with Gasteiger partial charge in [0.05, 0.1) is 12.1 Å². The molecule has 0 fully saturated rings. The Bertz CT molecular complexity index is 1000. The number of rotatable bonds is 6. The van der Waals surface area contributed by atoms with Gasteiger partial charge < -0.3 is 9.30 Å². The van der Waals surface area contributed by atoms with Gasteiger partial charge in [0.25, 0.3) is 0 Å². The van der Waals surface area contributed by atoms with Crippen LogP contribution in [0.4, 0.5) is 0 Å². The second-order valence-corrected chi connectivity index (χ2v) is 7.48. The lowest BCUT2D eigenvalue weighted by Crippen LogP contribution is -2.16. The Morgan fingerprint density at radius 2 is 1.96 bits per heavy atom. The summed E-state index contributed by atoms with van der Waals surface area (Å²) in [6, 6.07) is 9.89. The van der Waals surface area contributed by atoms with Crippen molar-refractivity contribution in [2.45, 2.75) is 27.2 Å². The smallest absolute Gasteiger partial charge is 0.312 e. The Hall–Kier alpha value is -2.73. The molecule has 2 heterocycles. The summed E-state index contributed by atoms with van der Waals surface area (Å²) in [6.07, 6.45) is 0.0579. The third-order valence-corrected chi connectivity index (χ3v) is 5.52. The van der Waals surface area contributed by atoms with Crippen molar-refractivity contribution in [2.24, 2.45) is 7.05 Å². The van der Waals surface area contributed by atoms with E-state index in [-0.39, 0.29) is 18.8 Å². The molecule has 0 N–H and O–H groups in total. The summed E-state index contributed by atoms with van der Waals surface area (Å²) < 4.78 is 7.11. The number of nitrogens with zero attached hydrogens (tertiary/aromatic N) is 2. The first kappa shape index (κ1) is 19.0. The number of esters is 1. The van der Waals surface area contributed by atoms with Crippen LogP contribution in [0.2, 0.25) is 0 Å². The topological polar surface area (TPSA) is 61.2 Å². The summed E-state index contributed by atoms with van der Waals surface area (Å²) in [7, 11) is 1.90. The molecule has 3 rings (SSSR count). The quantitative estimate of drug-likeness (QED) is 0.477. The zero-order valence-electron chi connectivity index (χ0n) is 15.9. The number of benzene rings is 1. The third kappa shape index (κ3) is 4.34. The van der Waals surface area contributed by atoms with Crippen LogP contribution in [-0.2, 0) is 23.0 Å². The van der Waals surface area contributed by atoms with Crippen LogP contribution >= 0.6 is 11.3 Å². The SMILES string of the molecule is Cc1cccc(-c2nc(CC(=O)OCC(=O)c3cc(C)n(C)c3C)cs2)c1. The molecule has 5 nitrogen and oxygen atoms in total. The summed E-state index contributed by atoms with van der Waals surface area (Å²) in [6.45, 7) is 5.59. The molecular formula is C21H22N2O3S. The molecule has 0 unspecified atom stereocenters. The van der Waals surface area contributed by atoms with Crippen LogP contribution in [0.5, 0.6) is 0 Å². The van der Waals surface area contributed by atoms with Gasteiger partial charge >= 0.3 is 5.97 Å². The van der Waals surface area contributed by atoms with E-state index in [4.69, 9.17) is 4.74 Å². The summed E-state index contributed by atoms with van der Waals surface area (Å²) in [5.74, 6) is -0.641. The molecule has 0 amide bonds. The second-order valence-electron chi connectivity index (χ2n) is 6.62. The Morgan fingerprint density at radius 1 is 1.19 bits per heavy atom. The largest absolute Gasteiger partial charge is 0.457 e. The van der Waals surface area contributed by atoms with Gasteiger partial charge in [-0.05, 0) is 32.9 Å².